The first kappa shape index (κ1) is 13.0. The molecule has 1 aliphatic rings. The molecule has 0 bridgehead atoms. The van der Waals surface area contributed by atoms with Crippen molar-refractivity contribution in [2.24, 2.45) is 5.92 Å². The van der Waals surface area contributed by atoms with Crippen molar-refractivity contribution >= 4 is 28.9 Å². The van der Waals surface area contributed by atoms with Gasteiger partial charge in [-0.15, -0.1) is 0 Å². The van der Waals surface area contributed by atoms with Crippen LogP contribution in [0.2, 0.25) is 10.0 Å². The largest absolute Gasteiger partial charge is 0.369 e. The molecule has 1 heterocycles. The first-order valence-electron chi connectivity index (χ1n) is 5.99. The fourth-order valence-electron chi connectivity index (χ4n) is 2.57. The lowest BCUT2D eigenvalue weighted by molar-refractivity contribution is 0.339. The summed E-state index contributed by atoms with van der Waals surface area (Å²) >= 11 is 12.5. The average Bonchev–Trinajstić information content (AvgIpc) is 2.29. The monoisotopic (exact) mass is 272 g/mol. The van der Waals surface area contributed by atoms with Crippen LogP contribution in [0.4, 0.5) is 5.69 Å². The van der Waals surface area contributed by atoms with Gasteiger partial charge >= 0.3 is 0 Å². The molecular weight excluding hydrogens is 255 g/mol. The smallest absolute Gasteiger partial charge is 0.0745 e. The zero-order valence-corrected chi connectivity index (χ0v) is 11.7. The Morgan fingerprint density at radius 3 is 2.47 bits per heavy atom. The molecule has 0 radical (unpaired) electrons. The fraction of sp³-hybridized carbons (Fsp3) is 0.538. The van der Waals surface area contributed by atoms with Crippen LogP contribution in [0, 0.1) is 5.92 Å². The van der Waals surface area contributed by atoms with Gasteiger partial charge in [-0.05, 0) is 31.5 Å². The van der Waals surface area contributed by atoms with E-state index in [0.717, 1.165) is 35.2 Å². The van der Waals surface area contributed by atoms with Crippen LogP contribution in [0.5, 0.6) is 0 Å². The van der Waals surface area contributed by atoms with E-state index >= 15 is 0 Å². The van der Waals surface area contributed by atoms with Crippen LogP contribution in [-0.4, -0.2) is 26.2 Å². The number of halogens is 2. The highest BCUT2D eigenvalue weighted by Crippen LogP contribution is 2.35. The maximum atomic E-state index is 6.24. The fourth-order valence-corrected chi connectivity index (χ4v) is 3.21. The van der Waals surface area contributed by atoms with Gasteiger partial charge in [0.1, 0.15) is 0 Å². The Kier molecular flexibility index (Phi) is 4.18. The number of nitrogens with zero attached hydrogens (tertiary/aromatic N) is 1. The maximum absolute atomic E-state index is 6.24. The molecule has 1 aromatic carbocycles. The molecule has 4 heteroatoms. The summed E-state index contributed by atoms with van der Waals surface area (Å²) in [6.45, 7) is 4.26. The first-order chi connectivity index (χ1) is 8.13. The highest BCUT2D eigenvalue weighted by atomic mass is 35.5. The Morgan fingerprint density at radius 1 is 1.29 bits per heavy atom. The van der Waals surface area contributed by atoms with Crippen molar-refractivity contribution in [3.63, 3.8) is 0 Å². The van der Waals surface area contributed by atoms with E-state index in [0.29, 0.717) is 12.0 Å². The summed E-state index contributed by atoms with van der Waals surface area (Å²) in [6.07, 6.45) is 1.12. The third-order valence-corrected chi connectivity index (χ3v) is 4.14. The van der Waals surface area contributed by atoms with Gasteiger partial charge < -0.3 is 10.2 Å². The van der Waals surface area contributed by atoms with Gasteiger partial charge in [-0.1, -0.05) is 36.2 Å². The molecule has 2 rings (SSSR count). The number of piperidine rings is 1. The van der Waals surface area contributed by atoms with Crippen LogP contribution in [0.25, 0.3) is 0 Å². The predicted molar refractivity (Wildman–Crippen MR) is 75.3 cm³/mol. The van der Waals surface area contributed by atoms with Crippen molar-refractivity contribution in [1.29, 1.82) is 0 Å². The third-order valence-electron chi connectivity index (χ3n) is 3.53. The predicted octanol–water partition coefficient (Wildman–Crippen LogP) is 3.43. The summed E-state index contributed by atoms with van der Waals surface area (Å²) in [5.74, 6) is 0.598. The highest BCUT2D eigenvalue weighted by molar-refractivity contribution is 6.39. The van der Waals surface area contributed by atoms with Gasteiger partial charge in [0, 0.05) is 19.1 Å². The Hall–Kier alpha value is -0.440. The van der Waals surface area contributed by atoms with Gasteiger partial charge in [-0.25, -0.2) is 0 Å². The van der Waals surface area contributed by atoms with Gasteiger partial charge in [0.25, 0.3) is 0 Å². The molecule has 0 aromatic heterocycles. The van der Waals surface area contributed by atoms with Crippen LogP contribution in [0.15, 0.2) is 18.2 Å². The van der Waals surface area contributed by atoms with Crippen molar-refractivity contribution < 1.29 is 0 Å². The van der Waals surface area contributed by atoms with Gasteiger partial charge in [0.2, 0.25) is 0 Å². The minimum Gasteiger partial charge on any atom is -0.369 e. The van der Waals surface area contributed by atoms with Crippen LogP contribution < -0.4 is 10.2 Å². The zero-order chi connectivity index (χ0) is 12.4. The van der Waals surface area contributed by atoms with Crippen LogP contribution >= 0.6 is 23.2 Å². The molecule has 17 heavy (non-hydrogen) atoms. The van der Waals surface area contributed by atoms with Crippen LogP contribution in [0.3, 0.4) is 0 Å². The van der Waals surface area contributed by atoms with E-state index in [9.17, 15) is 0 Å². The second-order valence-corrected chi connectivity index (χ2v) is 5.49. The van der Waals surface area contributed by atoms with E-state index in [-0.39, 0.29) is 0 Å². The highest BCUT2D eigenvalue weighted by Gasteiger charge is 2.26. The molecule has 94 valence electrons. The van der Waals surface area contributed by atoms with Crippen LogP contribution in [0.1, 0.15) is 13.3 Å². The zero-order valence-electron chi connectivity index (χ0n) is 10.2. The van der Waals surface area contributed by atoms with Crippen molar-refractivity contribution in [1.82, 2.24) is 5.32 Å². The summed E-state index contributed by atoms with van der Waals surface area (Å²) in [6, 6.07) is 6.28. The number of nitrogens with one attached hydrogen (secondary N) is 1. The molecule has 0 aliphatic carbocycles. The molecule has 0 spiro atoms. The molecule has 1 aliphatic heterocycles. The first-order valence-corrected chi connectivity index (χ1v) is 6.75. The number of para-hydroxylation sites is 1. The van der Waals surface area contributed by atoms with Crippen LogP contribution in [-0.2, 0) is 0 Å². The molecule has 1 aromatic rings. The van der Waals surface area contributed by atoms with E-state index in [1.54, 1.807) is 0 Å². The summed E-state index contributed by atoms with van der Waals surface area (Å²) in [5, 5.41) is 4.85. The average molecular weight is 273 g/mol. The van der Waals surface area contributed by atoms with E-state index < -0.39 is 0 Å². The molecule has 2 nitrogen and oxygen atoms in total. The van der Waals surface area contributed by atoms with Crippen molar-refractivity contribution in [2.75, 3.05) is 25.0 Å². The molecule has 0 saturated carbocycles. The third kappa shape index (κ3) is 2.70. The number of hydrogen-bond acceptors (Lipinski definition) is 2. The molecule has 1 fully saturated rings. The van der Waals surface area contributed by atoms with Gasteiger partial charge in [0.05, 0.1) is 15.7 Å². The Labute approximate surface area is 113 Å². The second-order valence-electron chi connectivity index (χ2n) is 4.68. The topological polar surface area (TPSA) is 15.3 Å². The van der Waals surface area contributed by atoms with Gasteiger partial charge in [0.15, 0.2) is 0 Å². The lowest BCUT2D eigenvalue weighted by atomic mass is 9.93. The summed E-state index contributed by atoms with van der Waals surface area (Å²) < 4.78 is 0. The van der Waals surface area contributed by atoms with Crippen molar-refractivity contribution in [3.05, 3.63) is 28.2 Å². The molecule has 1 N–H and O–H groups in total. The Bertz CT molecular complexity index is 375. The molecule has 0 amide bonds. The number of benzene rings is 1. The molecule has 2 unspecified atom stereocenters. The molecular formula is C13H18Cl2N2. The lowest BCUT2D eigenvalue weighted by Gasteiger charge is -2.38. The summed E-state index contributed by atoms with van der Waals surface area (Å²) in [4.78, 5) is 2.29. The van der Waals surface area contributed by atoms with E-state index in [1.165, 1.54) is 0 Å². The van der Waals surface area contributed by atoms with Gasteiger partial charge in [-0.3, -0.25) is 0 Å². The van der Waals surface area contributed by atoms with E-state index in [1.807, 2.05) is 25.2 Å². The van der Waals surface area contributed by atoms with Crippen molar-refractivity contribution in [3.8, 4) is 0 Å². The quantitative estimate of drug-likeness (QED) is 0.888. The number of anilines is 1. The Balaban J connectivity index is 2.19. The van der Waals surface area contributed by atoms with Gasteiger partial charge in [-0.2, -0.15) is 0 Å². The van der Waals surface area contributed by atoms with E-state index in [2.05, 4.69) is 17.1 Å². The Morgan fingerprint density at radius 2 is 1.94 bits per heavy atom. The molecule has 1 saturated heterocycles. The number of rotatable bonds is 2. The standard InChI is InChI=1S/C13H18Cl2N2/c1-9-8-17(7-6-12(9)16-2)13-10(14)4-3-5-11(13)15/h3-5,9,12,16H,6-8H2,1-2H3. The SMILES string of the molecule is CNC1CCN(c2c(Cl)cccc2Cl)CC1C. The lowest BCUT2D eigenvalue weighted by Crippen LogP contribution is -2.47. The normalized spacial score (nSPS) is 25.1. The number of hydrogen-bond donors (Lipinski definition) is 1. The minimum absolute atomic E-state index is 0.590. The van der Waals surface area contributed by atoms with Crippen molar-refractivity contribution in [2.45, 2.75) is 19.4 Å². The summed E-state index contributed by atoms with van der Waals surface area (Å²) in [5.41, 5.74) is 0.984. The summed E-state index contributed by atoms with van der Waals surface area (Å²) in [7, 11) is 2.03. The van der Waals surface area contributed by atoms with E-state index in [4.69, 9.17) is 23.2 Å². The minimum atomic E-state index is 0.590. The molecule has 2 atom stereocenters. The maximum Gasteiger partial charge on any atom is 0.0745 e. The second kappa shape index (κ2) is 5.47.